The lowest BCUT2D eigenvalue weighted by Gasteiger charge is -1.76. The van der Waals surface area contributed by atoms with Gasteiger partial charge >= 0.3 is 0 Å². The highest BCUT2D eigenvalue weighted by Crippen LogP contribution is 1.83. The number of nitrogens with one attached hydrogen (secondary N) is 1. The van der Waals surface area contributed by atoms with E-state index in [9.17, 15) is 0 Å². The molecule has 0 aromatic heterocycles. The van der Waals surface area contributed by atoms with Crippen LogP contribution in [0.5, 0.6) is 0 Å². The van der Waals surface area contributed by atoms with Crippen molar-refractivity contribution >= 4 is 16.7 Å². The minimum atomic E-state index is 0.668. The molecule has 1 unspecified atom stereocenters. The molecule has 0 bridgehead atoms. The lowest BCUT2D eigenvalue weighted by Crippen LogP contribution is -1.86. The third-order valence-electron chi connectivity index (χ3n) is 0.144. The van der Waals surface area contributed by atoms with Crippen molar-refractivity contribution in [1.29, 1.82) is 0 Å². The van der Waals surface area contributed by atoms with Gasteiger partial charge in [-0.25, -0.2) is 0 Å². The van der Waals surface area contributed by atoms with Gasteiger partial charge in [-0.15, -0.1) is 0 Å². The molecule has 0 rings (SSSR count). The summed E-state index contributed by atoms with van der Waals surface area (Å²) in [5.74, 6) is 0. The van der Waals surface area contributed by atoms with Gasteiger partial charge in [-0.3, -0.25) is 0 Å². The molecule has 1 N–H and O–H groups in total. The van der Waals surface area contributed by atoms with Gasteiger partial charge in [-0.05, 0) is 6.66 Å². The second-order valence-corrected chi connectivity index (χ2v) is 1.18. The predicted octanol–water partition coefficient (Wildman–Crippen LogP) is -0.117. The van der Waals surface area contributed by atoms with E-state index in [0.29, 0.717) is 8.73 Å². The van der Waals surface area contributed by atoms with Gasteiger partial charge in [0.05, 0.1) is 0 Å². The summed E-state index contributed by atoms with van der Waals surface area (Å²) in [5.41, 5.74) is 0. The Balaban J connectivity index is 1.97. The molecule has 1 nitrogen and oxygen atoms in total. The summed E-state index contributed by atoms with van der Waals surface area (Å²) in [7, 11) is 5.46. The SMILES string of the molecule is [B]NPC. The van der Waals surface area contributed by atoms with Crippen molar-refractivity contribution < 1.29 is 0 Å². The lowest BCUT2D eigenvalue weighted by molar-refractivity contribution is 1.69. The van der Waals surface area contributed by atoms with Gasteiger partial charge in [0.1, 0.15) is 0 Å². The number of rotatable bonds is 1. The van der Waals surface area contributed by atoms with Crippen LogP contribution in [-0.2, 0) is 0 Å². The maximum absolute atomic E-state index is 4.79. The van der Waals surface area contributed by atoms with Crippen LogP contribution in [-0.4, -0.2) is 14.6 Å². The molecule has 0 aliphatic carbocycles. The van der Waals surface area contributed by atoms with Gasteiger partial charge in [-0.1, -0.05) is 8.73 Å². The van der Waals surface area contributed by atoms with Gasteiger partial charge in [0, 0.05) is 0 Å². The Kier molecular flexibility index (Phi) is 3.85. The highest BCUT2D eigenvalue weighted by atomic mass is 31.1. The molecule has 4 heavy (non-hydrogen) atoms. The average Bonchev–Trinajstić information content (AvgIpc) is 1.37. The number of hydrogen-bond donors (Lipinski definition) is 1. The zero-order valence-corrected chi connectivity index (χ0v) is 3.58. The van der Waals surface area contributed by atoms with Crippen molar-refractivity contribution in [2.75, 3.05) is 6.66 Å². The van der Waals surface area contributed by atoms with E-state index in [0.717, 1.165) is 0 Å². The Bertz CT molecular complexity index is 10.0. The van der Waals surface area contributed by atoms with Gasteiger partial charge in [0.2, 0.25) is 0 Å². The van der Waals surface area contributed by atoms with Crippen molar-refractivity contribution in [1.82, 2.24) is 5.00 Å². The molecule has 0 spiro atoms. The van der Waals surface area contributed by atoms with E-state index in [1.54, 1.807) is 0 Å². The Morgan fingerprint density at radius 2 is 2.25 bits per heavy atom. The van der Waals surface area contributed by atoms with E-state index in [4.69, 9.17) is 7.98 Å². The molecule has 0 fully saturated rings. The topological polar surface area (TPSA) is 12.0 Å². The monoisotopic (exact) mass is 73.0 g/mol. The first-order valence-electron chi connectivity index (χ1n) is 1.04. The second kappa shape index (κ2) is 3.45. The summed E-state index contributed by atoms with van der Waals surface area (Å²) in [4.78, 5) is 2.46. The van der Waals surface area contributed by atoms with Crippen molar-refractivity contribution in [3.05, 3.63) is 0 Å². The zero-order valence-electron chi connectivity index (χ0n) is 2.58. The van der Waals surface area contributed by atoms with Crippen LogP contribution in [0.4, 0.5) is 0 Å². The fraction of sp³-hybridized carbons (Fsp3) is 1.00. The fourth-order valence-electron chi connectivity index (χ4n) is 0. The van der Waals surface area contributed by atoms with Crippen molar-refractivity contribution in [2.24, 2.45) is 0 Å². The zero-order chi connectivity index (χ0) is 3.41. The van der Waals surface area contributed by atoms with Crippen LogP contribution < -0.4 is 5.00 Å². The van der Waals surface area contributed by atoms with Crippen LogP contribution >= 0.6 is 8.73 Å². The minimum Gasteiger partial charge on any atom is -0.349 e. The normalized spacial score (nSPS) is 10.2. The molecule has 2 radical (unpaired) electrons. The Morgan fingerprint density at radius 3 is 2.25 bits per heavy atom. The highest BCUT2D eigenvalue weighted by molar-refractivity contribution is 7.36. The van der Waals surface area contributed by atoms with E-state index in [-0.39, 0.29) is 0 Å². The first-order valence-corrected chi connectivity index (χ1v) is 2.54. The van der Waals surface area contributed by atoms with E-state index >= 15 is 0 Å². The summed E-state index contributed by atoms with van der Waals surface area (Å²) in [5, 5.41) is 0. The maximum Gasteiger partial charge on any atom is 0.183 e. The van der Waals surface area contributed by atoms with Crippen LogP contribution in [0.15, 0.2) is 0 Å². The van der Waals surface area contributed by atoms with Crippen LogP contribution in [0.2, 0.25) is 0 Å². The third kappa shape index (κ3) is 2.45. The van der Waals surface area contributed by atoms with Crippen LogP contribution in [0, 0.1) is 0 Å². The lowest BCUT2D eigenvalue weighted by atomic mass is 10.5. The van der Waals surface area contributed by atoms with Crippen molar-refractivity contribution in [3.63, 3.8) is 0 Å². The Labute approximate surface area is 29.4 Å². The first kappa shape index (κ1) is 4.45. The molecule has 0 aliphatic rings. The summed E-state index contributed by atoms with van der Waals surface area (Å²) < 4.78 is 0. The fourth-order valence-corrected chi connectivity index (χ4v) is 0. The smallest absolute Gasteiger partial charge is 0.183 e. The van der Waals surface area contributed by atoms with E-state index < -0.39 is 0 Å². The Hall–Kier alpha value is 0.455. The summed E-state index contributed by atoms with van der Waals surface area (Å²) in [6.07, 6.45) is 0. The molecule has 0 heterocycles. The summed E-state index contributed by atoms with van der Waals surface area (Å²) >= 11 is 0. The third-order valence-corrected chi connectivity index (χ3v) is 0.433. The highest BCUT2D eigenvalue weighted by Gasteiger charge is 1.50. The molecule has 0 amide bonds. The molecule has 22 valence electrons. The minimum absolute atomic E-state index is 0.668. The summed E-state index contributed by atoms with van der Waals surface area (Å²) in [6.45, 7) is 1.97. The number of hydrogen-bond acceptors (Lipinski definition) is 1. The van der Waals surface area contributed by atoms with E-state index in [1.807, 2.05) is 6.66 Å². The van der Waals surface area contributed by atoms with Gasteiger partial charge in [-0.2, -0.15) is 0 Å². The summed E-state index contributed by atoms with van der Waals surface area (Å²) in [6, 6.07) is 0. The van der Waals surface area contributed by atoms with Crippen LogP contribution in [0.3, 0.4) is 0 Å². The molecule has 0 aromatic carbocycles. The second-order valence-electron chi connectivity index (χ2n) is 0.394. The molecular formula is CH5BNP. The molecule has 0 saturated heterocycles. The largest absolute Gasteiger partial charge is 0.349 e. The van der Waals surface area contributed by atoms with Gasteiger partial charge < -0.3 is 5.00 Å². The Morgan fingerprint density at radius 1 is 2.00 bits per heavy atom. The maximum atomic E-state index is 4.79. The standard InChI is InChI=1S/CH5BNP/c1-4-3-2/h3-4H,1H3. The van der Waals surface area contributed by atoms with Crippen LogP contribution in [0.25, 0.3) is 0 Å². The molecule has 0 aromatic rings. The molecule has 1 atom stereocenters. The van der Waals surface area contributed by atoms with E-state index in [2.05, 4.69) is 5.00 Å². The molecular weight excluding hydrogens is 67.8 g/mol. The predicted molar refractivity (Wildman–Crippen MR) is 23.1 cm³/mol. The quantitative estimate of drug-likeness (QED) is 0.337. The van der Waals surface area contributed by atoms with Gasteiger partial charge in [0.25, 0.3) is 0 Å². The first-order chi connectivity index (χ1) is 1.91. The van der Waals surface area contributed by atoms with Crippen molar-refractivity contribution in [3.8, 4) is 0 Å². The average molecular weight is 72.8 g/mol. The molecule has 0 saturated carbocycles. The molecule has 0 aliphatic heterocycles. The van der Waals surface area contributed by atoms with Gasteiger partial charge in [0.15, 0.2) is 7.98 Å². The van der Waals surface area contributed by atoms with Crippen molar-refractivity contribution in [2.45, 2.75) is 0 Å². The van der Waals surface area contributed by atoms with Crippen LogP contribution in [0.1, 0.15) is 0 Å². The van der Waals surface area contributed by atoms with E-state index in [1.165, 1.54) is 0 Å². The molecule has 3 heteroatoms.